The van der Waals surface area contributed by atoms with Crippen LogP contribution in [-0.2, 0) is 4.79 Å². The summed E-state index contributed by atoms with van der Waals surface area (Å²) in [4.78, 5) is 14.3. The van der Waals surface area contributed by atoms with Gasteiger partial charge < -0.3 is 14.4 Å². The van der Waals surface area contributed by atoms with E-state index in [9.17, 15) is 10.1 Å². The van der Waals surface area contributed by atoms with Crippen molar-refractivity contribution in [1.82, 2.24) is 4.90 Å². The molecule has 23 heavy (non-hydrogen) atoms. The largest absolute Gasteiger partial charge is 0.496 e. The lowest BCUT2D eigenvalue weighted by Gasteiger charge is -2.26. The van der Waals surface area contributed by atoms with E-state index >= 15 is 0 Å². The molecular weight excluding hydrogens is 292 g/mol. The Bertz CT molecular complexity index is 653. The van der Waals surface area contributed by atoms with E-state index in [1.165, 1.54) is 0 Å². The van der Waals surface area contributed by atoms with Crippen molar-refractivity contribution in [3.05, 3.63) is 28.8 Å². The van der Waals surface area contributed by atoms with Crippen molar-refractivity contribution in [3.8, 4) is 17.6 Å². The van der Waals surface area contributed by atoms with Crippen LogP contribution in [0.15, 0.2) is 17.7 Å². The van der Waals surface area contributed by atoms with Crippen LogP contribution < -0.4 is 9.47 Å². The Labute approximate surface area is 137 Å². The van der Waals surface area contributed by atoms with E-state index < -0.39 is 0 Å². The lowest BCUT2D eigenvalue weighted by atomic mass is 10.0. The molecule has 1 amide bonds. The predicted molar refractivity (Wildman–Crippen MR) is 88.3 cm³/mol. The van der Waals surface area contributed by atoms with Gasteiger partial charge in [-0.25, -0.2) is 0 Å². The fourth-order valence-electron chi connectivity index (χ4n) is 2.75. The first-order valence-corrected chi connectivity index (χ1v) is 7.74. The Morgan fingerprint density at radius 2 is 1.83 bits per heavy atom. The number of benzene rings is 1. The standard InChI is InChI=1S/C18H22N2O3/c1-13-9-17(23-3)14(11-16(13)22-2)10-15(12-19)18(21)20-7-5-4-6-8-20/h9-11H,4-8H2,1-3H3/b15-10+. The van der Waals surface area contributed by atoms with Crippen LogP contribution in [-0.4, -0.2) is 38.1 Å². The van der Waals surface area contributed by atoms with Crippen molar-refractivity contribution in [3.63, 3.8) is 0 Å². The zero-order chi connectivity index (χ0) is 16.8. The van der Waals surface area contributed by atoms with Gasteiger partial charge in [0.1, 0.15) is 23.1 Å². The summed E-state index contributed by atoms with van der Waals surface area (Å²) in [7, 11) is 3.16. The van der Waals surface area contributed by atoms with Crippen molar-refractivity contribution < 1.29 is 14.3 Å². The van der Waals surface area contributed by atoms with Crippen LogP contribution in [0.2, 0.25) is 0 Å². The highest BCUT2D eigenvalue weighted by molar-refractivity contribution is 6.02. The number of hydrogen-bond donors (Lipinski definition) is 0. The first-order valence-electron chi connectivity index (χ1n) is 7.74. The zero-order valence-corrected chi connectivity index (χ0v) is 13.9. The molecule has 0 radical (unpaired) electrons. The molecule has 0 aliphatic carbocycles. The van der Waals surface area contributed by atoms with Crippen LogP contribution in [0.25, 0.3) is 6.08 Å². The van der Waals surface area contributed by atoms with Gasteiger partial charge in [-0.2, -0.15) is 5.26 Å². The number of aryl methyl sites for hydroxylation is 1. The Hall–Kier alpha value is -2.48. The van der Waals surface area contributed by atoms with Gasteiger partial charge in [0.2, 0.25) is 0 Å². The fourth-order valence-corrected chi connectivity index (χ4v) is 2.75. The van der Waals surface area contributed by atoms with E-state index in [4.69, 9.17) is 9.47 Å². The molecule has 1 saturated heterocycles. The summed E-state index contributed by atoms with van der Waals surface area (Å²) in [6.07, 6.45) is 4.70. The molecule has 1 aliphatic rings. The Morgan fingerprint density at radius 3 is 2.39 bits per heavy atom. The summed E-state index contributed by atoms with van der Waals surface area (Å²) >= 11 is 0. The molecule has 0 saturated carbocycles. The van der Waals surface area contributed by atoms with Crippen molar-refractivity contribution >= 4 is 12.0 Å². The average molecular weight is 314 g/mol. The topological polar surface area (TPSA) is 62.6 Å². The predicted octanol–water partition coefficient (Wildman–Crippen LogP) is 2.93. The molecule has 0 unspecified atom stereocenters. The van der Waals surface area contributed by atoms with Crippen LogP contribution in [0.5, 0.6) is 11.5 Å². The smallest absolute Gasteiger partial charge is 0.264 e. The van der Waals surface area contributed by atoms with Crippen LogP contribution >= 0.6 is 0 Å². The molecule has 0 N–H and O–H groups in total. The van der Waals surface area contributed by atoms with Crippen LogP contribution in [0.4, 0.5) is 0 Å². The monoisotopic (exact) mass is 314 g/mol. The lowest BCUT2D eigenvalue weighted by molar-refractivity contribution is -0.127. The summed E-state index contributed by atoms with van der Waals surface area (Å²) in [6.45, 7) is 3.34. The van der Waals surface area contributed by atoms with Crippen LogP contribution in [0.3, 0.4) is 0 Å². The van der Waals surface area contributed by atoms with Gasteiger partial charge in [0.25, 0.3) is 5.91 Å². The number of hydrogen-bond acceptors (Lipinski definition) is 4. The van der Waals surface area contributed by atoms with Gasteiger partial charge in [0.05, 0.1) is 14.2 Å². The number of likely N-dealkylation sites (tertiary alicyclic amines) is 1. The number of methoxy groups -OCH3 is 2. The van der Waals surface area contributed by atoms with E-state index in [0.717, 1.165) is 24.8 Å². The van der Waals surface area contributed by atoms with Gasteiger partial charge in [-0.05, 0) is 50.0 Å². The molecule has 122 valence electrons. The minimum atomic E-state index is -0.214. The highest BCUT2D eigenvalue weighted by Crippen LogP contribution is 2.30. The maximum Gasteiger partial charge on any atom is 0.264 e. The second-order valence-corrected chi connectivity index (χ2v) is 5.59. The second-order valence-electron chi connectivity index (χ2n) is 5.59. The number of amides is 1. The molecular formula is C18H22N2O3. The summed E-state index contributed by atoms with van der Waals surface area (Å²) in [5.41, 5.74) is 1.72. The van der Waals surface area contributed by atoms with Crippen LogP contribution in [0.1, 0.15) is 30.4 Å². The van der Waals surface area contributed by atoms with Gasteiger partial charge in [-0.1, -0.05) is 0 Å². The Balaban J connectivity index is 2.37. The first-order chi connectivity index (χ1) is 11.1. The van der Waals surface area contributed by atoms with Crippen molar-refractivity contribution in [1.29, 1.82) is 5.26 Å². The molecule has 1 aliphatic heterocycles. The lowest BCUT2D eigenvalue weighted by Crippen LogP contribution is -2.36. The Morgan fingerprint density at radius 1 is 1.17 bits per heavy atom. The number of carbonyl (C=O) groups is 1. The van der Waals surface area contributed by atoms with Crippen molar-refractivity contribution in [2.24, 2.45) is 0 Å². The minimum absolute atomic E-state index is 0.121. The highest BCUT2D eigenvalue weighted by atomic mass is 16.5. The summed E-state index contributed by atoms with van der Waals surface area (Å²) in [5.74, 6) is 1.09. The quantitative estimate of drug-likeness (QED) is 0.633. The molecule has 1 fully saturated rings. The molecule has 0 bridgehead atoms. The second kappa shape index (κ2) is 7.68. The molecule has 1 aromatic rings. The van der Waals surface area contributed by atoms with Crippen molar-refractivity contribution in [2.45, 2.75) is 26.2 Å². The SMILES string of the molecule is COc1cc(/C=C(\C#N)C(=O)N2CCCCC2)c(OC)cc1C. The summed E-state index contributed by atoms with van der Waals surface area (Å²) < 4.78 is 10.7. The molecule has 1 heterocycles. The molecule has 0 atom stereocenters. The normalized spacial score (nSPS) is 15.0. The molecule has 0 spiro atoms. The highest BCUT2D eigenvalue weighted by Gasteiger charge is 2.21. The number of carbonyl (C=O) groups excluding carboxylic acids is 1. The van der Waals surface area contributed by atoms with Gasteiger partial charge in [0.15, 0.2) is 0 Å². The maximum absolute atomic E-state index is 12.5. The van der Waals surface area contributed by atoms with E-state index in [2.05, 4.69) is 0 Å². The maximum atomic E-state index is 12.5. The zero-order valence-electron chi connectivity index (χ0n) is 13.9. The van der Waals surface area contributed by atoms with E-state index in [1.54, 1.807) is 31.3 Å². The van der Waals surface area contributed by atoms with Gasteiger partial charge in [-0.15, -0.1) is 0 Å². The molecule has 5 nitrogen and oxygen atoms in total. The fraction of sp³-hybridized carbons (Fsp3) is 0.444. The minimum Gasteiger partial charge on any atom is -0.496 e. The van der Waals surface area contributed by atoms with E-state index in [1.807, 2.05) is 19.1 Å². The molecule has 2 rings (SSSR count). The third-order valence-corrected chi connectivity index (χ3v) is 4.04. The summed E-state index contributed by atoms with van der Waals surface area (Å²) in [6, 6.07) is 5.65. The average Bonchev–Trinajstić information content (AvgIpc) is 2.60. The van der Waals surface area contributed by atoms with Gasteiger partial charge in [0, 0.05) is 18.7 Å². The van der Waals surface area contributed by atoms with Crippen LogP contribution in [0, 0.1) is 18.3 Å². The van der Waals surface area contributed by atoms with Gasteiger partial charge in [-0.3, -0.25) is 4.79 Å². The number of rotatable bonds is 4. The molecule has 1 aromatic carbocycles. The van der Waals surface area contributed by atoms with Gasteiger partial charge >= 0.3 is 0 Å². The third-order valence-electron chi connectivity index (χ3n) is 4.04. The number of nitriles is 1. The number of piperidine rings is 1. The molecule has 5 heteroatoms. The summed E-state index contributed by atoms with van der Waals surface area (Å²) in [5, 5.41) is 9.40. The Kier molecular flexibility index (Phi) is 5.64. The molecule has 0 aromatic heterocycles. The number of nitrogens with zero attached hydrogens (tertiary/aromatic N) is 2. The van der Waals surface area contributed by atoms with E-state index in [-0.39, 0.29) is 11.5 Å². The van der Waals surface area contributed by atoms with Crippen molar-refractivity contribution in [2.75, 3.05) is 27.3 Å². The van der Waals surface area contributed by atoms with E-state index in [0.29, 0.717) is 30.2 Å². The number of ether oxygens (including phenoxy) is 2. The third kappa shape index (κ3) is 3.84. The first kappa shape index (κ1) is 16.9.